The molecule has 0 aliphatic carbocycles. The molecule has 0 unspecified atom stereocenters. The van der Waals surface area contributed by atoms with Crippen LogP contribution in [-0.4, -0.2) is 33.9 Å². The fourth-order valence-corrected chi connectivity index (χ4v) is 4.10. The molecule has 4 rings (SSSR count). The Balaban J connectivity index is 1.72. The average Bonchev–Trinajstić information content (AvgIpc) is 3.12. The second-order valence-corrected chi connectivity index (χ2v) is 8.80. The van der Waals surface area contributed by atoms with Gasteiger partial charge in [-0.15, -0.1) is 5.10 Å². The molecule has 10 heteroatoms. The van der Waals surface area contributed by atoms with Gasteiger partial charge in [0.1, 0.15) is 0 Å². The molecule has 158 valence electrons. The molecule has 2 aromatic carbocycles. The van der Waals surface area contributed by atoms with Crippen LogP contribution in [0.1, 0.15) is 18.1 Å². The first kappa shape index (κ1) is 20.5. The van der Waals surface area contributed by atoms with Crippen LogP contribution in [0.5, 0.6) is 0 Å². The zero-order valence-corrected chi connectivity index (χ0v) is 17.9. The third-order valence-corrected chi connectivity index (χ3v) is 5.93. The van der Waals surface area contributed by atoms with E-state index in [0.29, 0.717) is 22.7 Å². The van der Waals surface area contributed by atoms with Crippen LogP contribution >= 0.6 is 0 Å². The third kappa shape index (κ3) is 4.24. The van der Waals surface area contributed by atoms with Crippen molar-refractivity contribution in [2.75, 3.05) is 10.0 Å². The van der Waals surface area contributed by atoms with Gasteiger partial charge in [0.05, 0.1) is 4.90 Å². The normalized spacial score (nSPS) is 11.5. The maximum absolute atomic E-state index is 12.7. The summed E-state index contributed by atoms with van der Waals surface area (Å²) in [5.74, 6) is 0.345. The number of aryl methyl sites for hydroxylation is 2. The largest absolute Gasteiger partial charge is 0.293 e. The fourth-order valence-electron chi connectivity index (χ4n) is 3.05. The Bertz CT molecular complexity index is 1390. The summed E-state index contributed by atoms with van der Waals surface area (Å²) in [6, 6.07) is 13.5. The Hall–Kier alpha value is -3.79. The lowest BCUT2D eigenvalue weighted by Gasteiger charge is -2.10. The molecule has 0 aliphatic heterocycles. The topological polar surface area (TPSA) is 118 Å². The molecular formula is C21H20N6O3S. The lowest BCUT2D eigenvalue weighted by atomic mass is 10.2. The van der Waals surface area contributed by atoms with Crippen LogP contribution in [-0.2, 0) is 14.8 Å². The van der Waals surface area contributed by atoms with E-state index in [4.69, 9.17) is 0 Å². The predicted octanol–water partition coefficient (Wildman–Crippen LogP) is 3.17. The highest BCUT2D eigenvalue weighted by atomic mass is 32.2. The van der Waals surface area contributed by atoms with E-state index in [9.17, 15) is 13.2 Å². The molecule has 31 heavy (non-hydrogen) atoms. The molecule has 0 saturated heterocycles. The van der Waals surface area contributed by atoms with Gasteiger partial charge in [0.2, 0.25) is 11.9 Å². The molecule has 9 nitrogen and oxygen atoms in total. The van der Waals surface area contributed by atoms with E-state index in [2.05, 4.69) is 25.1 Å². The molecule has 1 amide bonds. The lowest BCUT2D eigenvalue weighted by Crippen LogP contribution is -2.13. The summed E-state index contributed by atoms with van der Waals surface area (Å²) in [5, 5.41) is 6.89. The number of hydrogen-bond acceptors (Lipinski definition) is 6. The summed E-state index contributed by atoms with van der Waals surface area (Å²) in [5.41, 5.74) is 3.31. The Morgan fingerprint density at radius 1 is 1.06 bits per heavy atom. The van der Waals surface area contributed by atoms with E-state index in [0.717, 1.165) is 11.1 Å². The number of amides is 1. The first-order valence-electron chi connectivity index (χ1n) is 9.43. The van der Waals surface area contributed by atoms with Gasteiger partial charge >= 0.3 is 0 Å². The zero-order chi connectivity index (χ0) is 22.2. The van der Waals surface area contributed by atoms with Crippen molar-refractivity contribution in [2.45, 2.75) is 25.7 Å². The van der Waals surface area contributed by atoms with E-state index < -0.39 is 10.0 Å². The highest BCUT2D eigenvalue weighted by Gasteiger charge is 2.16. The smallest absolute Gasteiger partial charge is 0.261 e. The summed E-state index contributed by atoms with van der Waals surface area (Å²) < 4.78 is 29.6. The van der Waals surface area contributed by atoms with Gasteiger partial charge in [0.25, 0.3) is 10.0 Å². The van der Waals surface area contributed by atoms with E-state index in [1.54, 1.807) is 54.7 Å². The summed E-state index contributed by atoms with van der Waals surface area (Å²) in [6.07, 6.45) is 1.65. The molecular weight excluding hydrogens is 416 g/mol. The second kappa shape index (κ2) is 7.80. The van der Waals surface area contributed by atoms with E-state index in [1.165, 1.54) is 11.4 Å². The number of nitrogens with zero attached hydrogens (tertiary/aromatic N) is 4. The molecule has 2 heterocycles. The third-order valence-electron chi connectivity index (χ3n) is 4.53. The van der Waals surface area contributed by atoms with Crippen LogP contribution < -0.4 is 10.0 Å². The summed E-state index contributed by atoms with van der Waals surface area (Å²) >= 11 is 0. The van der Waals surface area contributed by atoms with Crippen molar-refractivity contribution < 1.29 is 13.2 Å². The first-order chi connectivity index (χ1) is 14.7. The number of hydrogen-bond donors (Lipinski definition) is 2. The van der Waals surface area contributed by atoms with Crippen LogP contribution in [0.15, 0.2) is 59.6 Å². The van der Waals surface area contributed by atoms with E-state index in [-0.39, 0.29) is 16.8 Å². The van der Waals surface area contributed by atoms with Crippen molar-refractivity contribution in [3.05, 3.63) is 65.9 Å². The van der Waals surface area contributed by atoms with Gasteiger partial charge in [0, 0.05) is 29.9 Å². The molecule has 4 aromatic rings. The van der Waals surface area contributed by atoms with Crippen LogP contribution in [0, 0.1) is 13.8 Å². The molecule has 0 spiro atoms. The van der Waals surface area contributed by atoms with Crippen LogP contribution in [0.4, 0.5) is 11.6 Å². The second-order valence-electron chi connectivity index (χ2n) is 7.12. The molecule has 0 atom stereocenters. The number of anilines is 2. The van der Waals surface area contributed by atoms with Crippen LogP contribution in [0.25, 0.3) is 17.0 Å². The minimum Gasteiger partial charge on any atom is -0.293 e. The summed E-state index contributed by atoms with van der Waals surface area (Å²) in [7, 11) is -3.74. The molecule has 0 fully saturated rings. The van der Waals surface area contributed by atoms with Gasteiger partial charge in [-0.1, -0.05) is 29.8 Å². The maximum Gasteiger partial charge on any atom is 0.261 e. The monoisotopic (exact) mass is 436 g/mol. The maximum atomic E-state index is 12.7. The molecule has 0 aliphatic rings. The van der Waals surface area contributed by atoms with Gasteiger partial charge in [-0.2, -0.15) is 9.50 Å². The highest BCUT2D eigenvalue weighted by Crippen LogP contribution is 2.25. The van der Waals surface area contributed by atoms with E-state index in [1.807, 2.05) is 13.8 Å². The van der Waals surface area contributed by atoms with Gasteiger partial charge in [-0.3, -0.25) is 14.8 Å². The first-order valence-corrected chi connectivity index (χ1v) is 10.9. The fraction of sp³-hybridized carbons (Fsp3) is 0.143. The molecule has 0 bridgehead atoms. The van der Waals surface area contributed by atoms with E-state index >= 15 is 0 Å². The summed E-state index contributed by atoms with van der Waals surface area (Å²) in [6.45, 7) is 5.11. The van der Waals surface area contributed by atoms with Gasteiger partial charge < -0.3 is 0 Å². The van der Waals surface area contributed by atoms with Crippen LogP contribution in [0.3, 0.4) is 0 Å². The molecule has 0 saturated carbocycles. The van der Waals surface area contributed by atoms with Crippen molar-refractivity contribution in [1.82, 2.24) is 19.6 Å². The number of fused-ring (bicyclic) bond motifs is 1. The minimum absolute atomic E-state index is 0.168. The van der Waals surface area contributed by atoms with Crippen molar-refractivity contribution in [3.63, 3.8) is 0 Å². The quantitative estimate of drug-likeness (QED) is 0.496. The molecule has 0 radical (unpaired) electrons. The Morgan fingerprint density at radius 3 is 2.52 bits per heavy atom. The zero-order valence-electron chi connectivity index (χ0n) is 17.1. The van der Waals surface area contributed by atoms with Gasteiger partial charge in [-0.05, 0) is 38.1 Å². The van der Waals surface area contributed by atoms with Crippen molar-refractivity contribution in [3.8, 4) is 11.4 Å². The van der Waals surface area contributed by atoms with Crippen molar-refractivity contribution in [1.29, 1.82) is 0 Å². The molecule has 2 N–H and O–H groups in total. The minimum atomic E-state index is -3.74. The molecule has 2 aromatic heterocycles. The van der Waals surface area contributed by atoms with Crippen LogP contribution in [0.2, 0.25) is 0 Å². The highest BCUT2D eigenvalue weighted by molar-refractivity contribution is 7.92. The number of rotatable bonds is 5. The average molecular weight is 436 g/mol. The summed E-state index contributed by atoms with van der Waals surface area (Å²) in [4.78, 5) is 20.3. The number of sulfonamides is 1. The SMILES string of the molecule is CC(=O)Nc1nc2c(C)cnc(-c3cccc(NS(=O)(=O)c4ccc(C)cc4)c3)n2n1. The van der Waals surface area contributed by atoms with Crippen molar-refractivity contribution >= 4 is 33.2 Å². The number of aromatic nitrogens is 4. The number of carbonyl (C=O) groups is 1. The number of benzene rings is 2. The lowest BCUT2D eigenvalue weighted by molar-refractivity contribution is -0.114. The van der Waals surface area contributed by atoms with Gasteiger partial charge in [-0.25, -0.2) is 13.4 Å². The predicted molar refractivity (Wildman–Crippen MR) is 117 cm³/mol. The number of nitrogens with one attached hydrogen (secondary N) is 2. The van der Waals surface area contributed by atoms with Gasteiger partial charge in [0.15, 0.2) is 11.5 Å². The van der Waals surface area contributed by atoms with Crippen molar-refractivity contribution in [2.24, 2.45) is 0 Å². The standard InChI is InChI=1S/C21H20N6O3S/c1-13-7-9-18(10-8-13)31(29,30)26-17-6-4-5-16(11-17)20-22-12-14(2)19-24-21(23-15(3)28)25-27(19)20/h4-12,26H,1-3H3,(H,23,25,28). The Morgan fingerprint density at radius 2 is 1.81 bits per heavy atom. The number of carbonyl (C=O) groups excluding carboxylic acids is 1. The Kier molecular flexibility index (Phi) is 5.15. The Labute approximate surface area is 179 Å².